The van der Waals surface area contributed by atoms with Crippen LogP contribution in [0, 0.1) is 18.6 Å². The number of benzene rings is 1. The lowest BCUT2D eigenvalue weighted by Gasteiger charge is -2.07. The molecular formula is C14H23F2N. The molecule has 0 saturated heterocycles. The van der Waals surface area contributed by atoms with Gasteiger partial charge in [-0.25, -0.2) is 8.78 Å². The molecule has 98 valence electrons. The van der Waals surface area contributed by atoms with Gasteiger partial charge in [0.25, 0.3) is 0 Å². The minimum Gasteiger partial charge on any atom is -0.328 e. The van der Waals surface area contributed by atoms with E-state index in [9.17, 15) is 8.78 Å². The maximum absolute atomic E-state index is 13.3. The molecule has 0 spiro atoms. The van der Waals surface area contributed by atoms with Crippen LogP contribution in [0.1, 0.15) is 44.7 Å². The van der Waals surface area contributed by atoms with Gasteiger partial charge in [0, 0.05) is 6.04 Å². The summed E-state index contributed by atoms with van der Waals surface area (Å²) in [5.74, 6) is -1.48. The fourth-order valence-electron chi connectivity index (χ4n) is 1.59. The van der Waals surface area contributed by atoms with E-state index in [1.54, 1.807) is 13.0 Å². The first-order chi connectivity index (χ1) is 8.00. The molecular weight excluding hydrogens is 220 g/mol. The highest BCUT2D eigenvalue weighted by Gasteiger charge is 2.09. The number of nitrogens with two attached hydrogens (primary N) is 1. The minimum atomic E-state index is -0.759. The van der Waals surface area contributed by atoms with E-state index in [1.165, 1.54) is 6.07 Å². The summed E-state index contributed by atoms with van der Waals surface area (Å²) in [4.78, 5) is 0. The van der Waals surface area contributed by atoms with Gasteiger partial charge < -0.3 is 5.73 Å². The molecule has 1 aromatic carbocycles. The highest BCUT2D eigenvalue weighted by Crippen LogP contribution is 2.16. The molecule has 0 bridgehead atoms. The Kier molecular flexibility index (Phi) is 7.72. The summed E-state index contributed by atoms with van der Waals surface area (Å²) >= 11 is 0. The van der Waals surface area contributed by atoms with Crippen LogP contribution in [-0.4, -0.2) is 6.04 Å². The first kappa shape index (κ1) is 16.0. The quantitative estimate of drug-likeness (QED) is 0.850. The van der Waals surface area contributed by atoms with Gasteiger partial charge in [-0.3, -0.25) is 0 Å². The lowest BCUT2D eigenvalue weighted by molar-refractivity contribution is 0.493. The SMILES string of the molecule is CC.Cc1cc(F)c(F)c(CCC[C@H](C)N)c1. The van der Waals surface area contributed by atoms with Gasteiger partial charge in [0.1, 0.15) is 0 Å². The third-order valence-corrected chi connectivity index (χ3v) is 2.35. The molecule has 0 aromatic heterocycles. The molecule has 0 aliphatic carbocycles. The summed E-state index contributed by atoms with van der Waals surface area (Å²) in [6.07, 6.45) is 2.17. The predicted octanol–water partition coefficient (Wildman–Crippen LogP) is 3.97. The molecule has 0 heterocycles. The Morgan fingerprint density at radius 1 is 1.24 bits per heavy atom. The number of aryl methyl sites for hydroxylation is 2. The fourth-order valence-corrected chi connectivity index (χ4v) is 1.59. The zero-order valence-electron chi connectivity index (χ0n) is 11.2. The van der Waals surface area contributed by atoms with Gasteiger partial charge in [-0.15, -0.1) is 0 Å². The first-order valence-corrected chi connectivity index (χ1v) is 6.21. The third kappa shape index (κ3) is 5.78. The topological polar surface area (TPSA) is 26.0 Å². The Labute approximate surface area is 103 Å². The van der Waals surface area contributed by atoms with E-state index >= 15 is 0 Å². The van der Waals surface area contributed by atoms with Crippen molar-refractivity contribution in [1.29, 1.82) is 0 Å². The summed E-state index contributed by atoms with van der Waals surface area (Å²) in [7, 11) is 0. The molecule has 0 aliphatic rings. The lowest BCUT2D eigenvalue weighted by Crippen LogP contribution is -2.14. The normalized spacial score (nSPS) is 11.7. The van der Waals surface area contributed by atoms with E-state index < -0.39 is 11.6 Å². The number of hydrogen-bond donors (Lipinski definition) is 1. The van der Waals surface area contributed by atoms with E-state index in [0.29, 0.717) is 12.0 Å². The second kappa shape index (κ2) is 8.18. The summed E-state index contributed by atoms with van der Waals surface area (Å²) in [6.45, 7) is 7.67. The number of halogens is 2. The van der Waals surface area contributed by atoms with Crippen LogP contribution in [-0.2, 0) is 6.42 Å². The predicted molar refractivity (Wildman–Crippen MR) is 69.0 cm³/mol. The van der Waals surface area contributed by atoms with Crippen LogP contribution < -0.4 is 5.73 Å². The fraction of sp³-hybridized carbons (Fsp3) is 0.571. The summed E-state index contributed by atoms with van der Waals surface area (Å²) < 4.78 is 26.3. The highest BCUT2D eigenvalue weighted by molar-refractivity contribution is 5.25. The van der Waals surface area contributed by atoms with Gasteiger partial charge >= 0.3 is 0 Å². The number of rotatable bonds is 4. The molecule has 0 amide bonds. The van der Waals surface area contributed by atoms with Crippen LogP contribution >= 0.6 is 0 Å². The zero-order valence-corrected chi connectivity index (χ0v) is 11.2. The molecule has 1 nitrogen and oxygen atoms in total. The third-order valence-electron chi connectivity index (χ3n) is 2.35. The van der Waals surface area contributed by atoms with Gasteiger partial charge in [-0.1, -0.05) is 19.9 Å². The Balaban J connectivity index is 0.00000121. The molecule has 1 rings (SSSR count). The van der Waals surface area contributed by atoms with Crippen LogP contribution in [0.4, 0.5) is 8.78 Å². The second-order valence-corrected chi connectivity index (χ2v) is 4.09. The van der Waals surface area contributed by atoms with Gasteiger partial charge in [0.2, 0.25) is 0 Å². The molecule has 17 heavy (non-hydrogen) atoms. The smallest absolute Gasteiger partial charge is 0.162 e. The van der Waals surface area contributed by atoms with E-state index in [1.807, 2.05) is 20.8 Å². The van der Waals surface area contributed by atoms with Crippen molar-refractivity contribution in [3.63, 3.8) is 0 Å². The van der Waals surface area contributed by atoms with Gasteiger partial charge in [0.05, 0.1) is 0 Å². The van der Waals surface area contributed by atoms with E-state index in [-0.39, 0.29) is 6.04 Å². The molecule has 0 radical (unpaired) electrons. The first-order valence-electron chi connectivity index (χ1n) is 6.21. The van der Waals surface area contributed by atoms with Crippen molar-refractivity contribution < 1.29 is 8.78 Å². The van der Waals surface area contributed by atoms with E-state index in [4.69, 9.17) is 5.73 Å². The largest absolute Gasteiger partial charge is 0.328 e. The van der Waals surface area contributed by atoms with Crippen LogP contribution in [0.2, 0.25) is 0 Å². The standard InChI is InChI=1S/C12H17F2N.C2H6/c1-8-6-10(5-3-4-9(2)15)12(14)11(13)7-8;1-2/h6-7,9H,3-5,15H2,1-2H3;1-2H3/t9-;/m0./s1. The molecule has 2 N–H and O–H groups in total. The van der Waals surface area contributed by atoms with Crippen molar-refractivity contribution in [2.45, 2.75) is 53.0 Å². The molecule has 1 aromatic rings. The highest BCUT2D eigenvalue weighted by atomic mass is 19.2. The molecule has 0 saturated carbocycles. The van der Waals surface area contributed by atoms with Gasteiger partial charge in [-0.2, -0.15) is 0 Å². The Morgan fingerprint density at radius 2 is 1.82 bits per heavy atom. The van der Waals surface area contributed by atoms with Crippen molar-refractivity contribution in [3.8, 4) is 0 Å². The van der Waals surface area contributed by atoms with Crippen molar-refractivity contribution in [3.05, 3.63) is 34.9 Å². The molecule has 0 aliphatic heterocycles. The van der Waals surface area contributed by atoms with Crippen LogP contribution in [0.25, 0.3) is 0 Å². The molecule has 1 atom stereocenters. The Hall–Kier alpha value is -0.960. The van der Waals surface area contributed by atoms with Gasteiger partial charge in [-0.05, 0) is 50.3 Å². The Bertz CT molecular complexity index is 335. The number of hydrogen-bond acceptors (Lipinski definition) is 1. The van der Waals surface area contributed by atoms with Crippen molar-refractivity contribution in [2.24, 2.45) is 5.73 Å². The maximum atomic E-state index is 13.3. The van der Waals surface area contributed by atoms with Crippen LogP contribution in [0.3, 0.4) is 0 Å². The van der Waals surface area contributed by atoms with Crippen molar-refractivity contribution >= 4 is 0 Å². The summed E-state index contributed by atoms with van der Waals surface area (Å²) in [5.41, 5.74) is 6.79. The van der Waals surface area contributed by atoms with Crippen LogP contribution in [0.15, 0.2) is 12.1 Å². The summed E-state index contributed by atoms with van der Waals surface area (Å²) in [6, 6.07) is 3.02. The molecule has 0 fully saturated rings. The molecule has 0 unspecified atom stereocenters. The van der Waals surface area contributed by atoms with Crippen molar-refractivity contribution in [2.75, 3.05) is 0 Å². The average Bonchev–Trinajstić information content (AvgIpc) is 2.27. The van der Waals surface area contributed by atoms with E-state index in [2.05, 4.69) is 0 Å². The van der Waals surface area contributed by atoms with Crippen LogP contribution in [0.5, 0.6) is 0 Å². The maximum Gasteiger partial charge on any atom is 0.162 e. The Morgan fingerprint density at radius 3 is 2.35 bits per heavy atom. The monoisotopic (exact) mass is 243 g/mol. The minimum absolute atomic E-state index is 0.114. The van der Waals surface area contributed by atoms with E-state index in [0.717, 1.165) is 18.4 Å². The zero-order chi connectivity index (χ0) is 13.4. The molecule has 3 heteroatoms. The van der Waals surface area contributed by atoms with Crippen molar-refractivity contribution in [1.82, 2.24) is 0 Å². The van der Waals surface area contributed by atoms with Gasteiger partial charge in [0.15, 0.2) is 11.6 Å². The lowest BCUT2D eigenvalue weighted by atomic mass is 10.0. The second-order valence-electron chi connectivity index (χ2n) is 4.09. The average molecular weight is 243 g/mol. The summed E-state index contributed by atoms with van der Waals surface area (Å²) in [5, 5.41) is 0.